The second-order valence-electron chi connectivity index (χ2n) is 6.14. The molecule has 0 radical (unpaired) electrons. The summed E-state index contributed by atoms with van der Waals surface area (Å²) in [6.45, 7) is 13.2. The Labute approximate surface area is 132 Å². The van der Waals surface area contributed by atoms with E-state index in [9.17, 15) is 0 Å². The van der Waals surface area contributed by atoms with Crippen LogP contribution in [0.3, 0.4) is 0 Å². The van der Waals surface area contributed by atoms with Gasteiger partial charge in [-0.1, -0.05) is 0 Å². The van der Waals surface area contributed by atoms with Crippen LogP contribution in [0.1, 0.15) is 52.2 Å². The Balaban J connectivity index is 2.04. The zero-order chi connectivity index (χ0) is 15.7. The first kappa shape index (κ1) is 16.2. The summed E-state index contributed by atoms with van der Waals surface area (Å²) in [6.07, 6.45) is 1.03. The van der Waals surface area contributed by atoms with Gasteiger partial charge in [0.1, 0.15) is 0 Å². The fourth-order valence-corrected chi connectivity index (χ4v) is 4.10. The molecule has 2 rings (SSSR count). The lowest BCUT2D eigenvalue weighted by atomic mass is 10.0. The number of nitrogens with zero attached hydrogens (tertiary/aromatic N) is 2. The van der Waals surface area contributed by atoms with Gasteiger partial charge in [0.05, 0.1) is 5.69 Å². The van der Waals surface area contributed by atoms with Gasteiger partial charge in [0.15, 0.2) is 0 Å². The number of aromatic nitrogens is 2. The average molecular weight is 305 g/mol. The third kappa shape index (κ3) is 3.55. The zero-order valence-corrected chi connectivity index (χ0v) is 15.1. The summed E-state index contributed by atoms with van der Waals surface area (Å²) in [4.78, 5) is 2.82. The number of rotatable bonds is 5. The number of nitrogens with one attached hydrogen (secondary N) is 1. The molecule has 2 aromatic rings. The second-order valence-corrected chi connectivity index (χ2v) is 7.60. The topological polar surface area (TPSA) is 29.9 Å². The third-order valence-electron chi connectivity index (χ3n) is 4.25. The van der Waals surface area contributed by atoms with Crippen molar-refractivity contribution in [2.75, 3.05) is 0 Å². The van der Waals surface area contributed by atoms with E-state index in [-0.39, 0.29) is 0 Å². The molecule has 2 heterocycles. The van der Waals surface area contributed by atoms with Crippen LogP contribution in [0.4, 0.5) is 0 Å². The van der Waals surface area contributed by atoms with Crippen molar-refractivity contribution in [1.29, 1.82) is 0 Å². The van der Waals surface area contributed by atoms with Crippen LogP contribution in [0.2, 0.25) is 0 Å². The van der Waals surface area contributed by atoms with Crippen LogP contribution in [-0.2, 0) is 13.5 Å². The molecule has 0 aliphatic carbocycles. The van der Waals surface area contributed by atoms with Gasteiger partial charge in [-0.3, -0.25) is 4.68 Å². The van der Waals surface area contributed by atoms with E-state index in [1.54, 1.807) is 0 Å². The third-order valence-corrected chi connectivity index (χ3v) is 5.23. The maximum Gasteiger partial charge on any atom is 0.0628 e. The highest BCUT2D eigenvalue weighted by Crippen LogP contribution is 2.26. The van der Waals surface area contributed by atoms with Gasteiger partial charge >= 0.3 is 0 Å². The molecule has 0 spiro atoms. The Hall–Kier alpha value is -1.13. The number of hydrogen-bond donors (Lipinski definition) is 1. The standard InChI is InChI=1S/C17H27N3S/c1-10(8-16-13(4)19-20(7)14(16)5)18-12(3)17-9-11(2)21-15(17)6/h9-10,12,18H,8H2,1-7H3/t10-,12+/m0/s1. The highest BCUT2D eigenvalue weighted by atomic mass is 32.1. The highest BCUT2D eigenvalue weighted by molar-refractivity contribution is 7.12. The van der Waals surface area contributed by atoms with E-state index in [0.717, 1.165) is 12.1 Å². The lowest BCUT2D eigenvalue weighted by Gasteiger charge is -2.20. The molecule has 0 saturated heterocycles. The first-order valence-electron chi connectivity index (χ1n) is 7.61. The van der Waals surface area contributed by atoms with Gasteiger partial charge in [0.25, 0.3) is 0 Å². The lowest BCUT2D eigenvalue weighted by molar-refractivity contribution is 0.475. The van der Waals surface area contributed by atoms with Crippen LogP contribution in [0.15, 0.2) is 6.07 Å². The van der Waals surface area contributed by atoms with Crippen LogP contribution in [-0.4, -0.2) is 15.8 Å². The molecular formula is C17H27N3S. The maximum atomic E-state index is 4.51. The minimum atomic E-state index is 0.391. The molecular weight excluding hydrogens is 278 g/mol. The molecule has 0 aromatic carbocycles. The summed E-state index contributed by atoms with van der Waals surface area (Å²) < 4.78 is 1.98. The summed E-state index contributed by atoms with van der Waals surface area (Å²) in [6, 6.07) is 3.13. The lowest BCUT2D eigenvalue weighted by Crippen LogP contribution is -2.31. The maximum absolute atomic E-state index is 4.51. The van der Waals surface area contributed by atoms with Gasteiger partial charge in [0.2, 0.25) is 0 Å². The van der Waals surface area contributed by atoms with E-state index in [0.29, 0.717) is 12.1 Å². The van der Waals surface area contributed by atoms with Crippen molar-refractivity contribution in [3.05, 3.63) is 38.3 Å². The van der Waals surface area contributed by atoms with Crippen molar-refractivity contribution in [3.63, 3.8) is 0 Å². The fourth-order valence-electron chi connectivity index (χ4n) is 3.07. The van der Waals surface area contributed by atoms with Gasteiger partial charge in [0, 0.05) is 34.6 Å². The summed E-state index contributed by atoms with van der Waals surface area (Å²) >= 11 is 1.88. The fraction of sp³-hybridized carbons (Fsp3) is 0.588. The van der Waals surface area contributed by atoms with Crippen molar-refractivity contribution < 1.29 is 0 Å². The van der Waals surface area contributed by atoms with E-state index in [2.05, 4.69) is 58.0 Å². The summed E-state index contributed by atoms with van der Waals surface area (Å²) in [5.41, 5.74) is 5.24. The largest absolute Gasteiger partial charge is 0.307 e. The minimum absolute atomic E-state index is 0.391. The predicted octanol–water partition coefficient (Wildman–Crippen LogP) is 4.00. The zero-order valence-electron chi connectivity index (χ0n) is 14.2. The van der Waals surface area contributed by atoms with Gasteiger partial charge in [-0.15, -0.1) is 11.3 Å². The van der Waals surface area contributed by atoms with Crippen LogP contribution in [0.25, 0.3) is 0 Å². The Morgan fingerprint density at radius 3 is 2.38 bits per heavy atom. The number of hydrogen-bond acceptors (Lipinski definition) is 3. The highest BCUT2D eigenvalue weighted by Gasteiger charge is 2.17. The van der Waals surface area contributed by atoms with Crippen LogP contribution < -0.4 is 5.32 Å². The van der Waals surface area contributed by atoms with E-state index in [1.807, 2.05) is 23.1 Å². The van der Waals surface area contributed by atoms with Crippen LogP contribution in [0.5, 0.6) is 0 Å². The Bertz CT molecular complexity index is 624. The van der Waals surface area contributed by atoms with E-state index < -0.39 is 0 Å². The summed E-state index contributed by atoms with van der Waals surface area (Å²) in [7, 11) is 2.02. The first-order valence-corrected chi connectivity index (χ1v) is 8.43. The van der Waals surface area contributed by atoms with E-state index in [1.165, 1.54) is 26.6 Å². The summed E-state index contributed by atoms with van der Waals surface area (Å²) in [5.74, 6) is 0. The molecule has 0 aliphatic heterocycles. The molecule has 2 aromatic heterocycles. The monoisotopic (exact) mass is 305 g/mol. The molecule has 0 aliphatic rings. The Kier molecular flexibility index (Phi) is 4.89. The molecule has 3 nitrogen and oxygen atoms in total. The van der Waals surface area contributed by atoms with Gasteiger partial charge in [-0.25, -0.2) is 0 Å². The molecule has 0 unspecified atom stereocenters. The van der Waals surface area contributed by atoms with Crippen molar-refractivity contribution in [2.24, 2.45) is 7.05 Å². The SMILES string of the molecule is Cc1cc([C@@H](C)N[C@@H](C)Cc2c(C)nn(C)c2C)c(C)s1. The van der Waals surface area contributed by atoms with Crippen molar-refractivity contribution in [2.45, 2.75) is 60.0 Å². The summed E-state index contributed by atoms with van der Waals surface area (Å²) in [5, 5.41) is 8.24. The Morgan fingerprint density at radius 1 is 1.24 bits per heavy atom. The van der Waals surface area contributed by atoms with Crippen LogP contribution in [0, 0.1) is 27.7 Å². The smallest absolute Gasteiger partial charge is 0.0628 e. The van der Waals surface area contributed by atoms with Crippen molar-refractivity contribution in [3.8, 4) is 0 Å². The van der Waals surface area contributed by atoms with E-state index in [4.69, 9.17) is 0 Å². The normalized spacial score (nSPS) is 14.4. The first-order chi connectivity index (χ1) is 9.79. The van der Waals surface area contributed by atoms with Gasteiger partial charge in [-0.2, -0.15) is 5.10 Å². The molecule has 21 heavy (non-hydrogen) atoms. The van der Waals surface area contributed by atoms with E-state index >= 15 is 0 Å². The molecule has 116 valence electrons. The average Bonchev–Trinajstić information content (AvgIpc) is 2.83. The molecule has 1 N–H and O–H groups in total. The molecule has 0 bridgehead atoms. The number of thiophene rings is 1. The second kappa shape index (κ2) is 6.32. The van der Waals surface area contributed by atoms with Crippen LogP contribution >= 0.6 is 11.3 Å². The number of aryl methyl sites for hydroxylation is 4. The van der Waals surface area contributed by atoms with Gasteiger partial charge < -0.3 is 5.32 Å². The Morgan fingerprint density at radius 2 is 1.90 bits per heavy atom. The molecule has 2 atom stereocenters. The van der Waals surface area contributed by atoms with Crippen molar-refractivity contribution >= 4 is 11.3 Å². The minimum Gasteiger partial charge on any atom is -0.307 e. The molecule has 0 saturated carbocycles. The molecule has 0 amide bonds. The predicted molar refractivity (Wildman–Crippen MR) is 91.2 cm³/mol. The molecule has 4 heteroatoms. The van der Waals surface area contributed by atoms with Gasteiger partial charge in [-0.05, 0) is 65.2 Å². The quantitative estimate of drug-likeness (QED) is 0.905. The molecule has 0 fully saturated rings. The van der Waals surface area contributed by atoms with Crippen molar-refractivity contribution in [1.82, 2.24) is 15.1 Å².